The number of anilines is 1. The Morgan fingerprint density at radius 2 is 2.11 bits per heavy atom. The lowest BCUT2D eigenvalue weighted by Crippen LogP contribution is -2.33. The standard InChI is InChI=1S/C20H25N3O3S/c1-4-5-10-23-17(24)11-16(19(25)22-20-21-12-13(2)27-20)18(23)14-6-8-15(26-3)9-7-14/h6-9,12,16,18H,4-5,10-11H2,1-3H3,(H,21,22,25). The van der Waals surface area contributed by atoms with Gasteiger partial charge in [-0.05, 0) is 31.0 Å². The van der Waals surface area contributed by atoms with Gasteiger partial charge in [0.2, 0.25) is 11.8 Å². The minimum Gasteiger partial charge on any atom is -0.497 e. The molecule has 7 heteroatoms. The molecule has 2 atom stereocenters. The van der Waals surface area contributed by atoms with Crippen LogP contribution in [0.4, 0.5) is 5.13 Å². The number of ether oxygens (including phenoxy) is 1. The van der Waals surface area contributed by atoms with Gasteiger partial charge < -0.3 is 15.0 Å². The number of carbonyl (C=O) groups is 2. The van der Waals surface area contributed by atoms with Crippen LogP contribution in [0.3, 0.4) is 0 Å². The van der Waals surface area contributed by atoms with Crippen LogP contribution < -0.4 is 10.1 Å². The van der Waals surface area contributed by atoms with Crippen LogP contribution in [0, 0.1) is 12.8 Å². The van der Waals surface area contributed by atoms with E-state index in [0.29, 0.717) is 11.7 Å². The molecule has 27 heavy (non-hydrogen) atoms. The Kier molecular flexibility index (Phi) is 6.11. The maximum atomic E-state index is 12.9. The fraction of sp³-hybridized carbons (Fsp3) is 0.450. The molecule has 2 heterocycles. The maximum Gasteiger partial charge on any atom is 0.232 e. The molecule has 2 aromatic rings. The first-order valence-electron chi connectivity index (χ1n) is 9.20. The Bertz CT molecular complexity index is 803. The molecule has 0 spiro atoms. The molecule has 2 unspecified atom stereocenters. The molecule has 144 valence electrons. The quantitative estimate of drug-likeness (QED) is 0.785. The van der Waals surface area contributed by atoms with Gasteiger partial charge in [0.25, 0.3) is 0 Å². The first-order chi connectivity index (χ1) is 13.0. The predicted molar refractivity (Wildman–Crippen MR) is 106 cm³/mol. The van der Waals surface area contributed by atoms with Crippen LogP contribution in [0.1, 0.15) is 42.7 Å². The number of thiazole rings is 1. The molecule has 1 aromatic carbocycles. The lowest BCUT2D eigenvalue weighted by Gasteiger charge is -2.28. The topological polar surface area (TPSA) is 71.5 Å². The summed E-state index contributed by atoms with van der Waals surface area (Å²) in [5.41, 5.74) is 0.952. The average molecular weight is 388 g/mol. The van der Waals surface area contributed by atoms with E-state index in [-0.39, 0.29) is 24.3 Å². The molecule has 0 bridgehead atoms. The van der Waals surface area contributed by atoms with E-state index in [4.69, 9.17) is 4.74 Å². The summed E-state index contributed by atoms with van der Waals surface area (Å²) in [6, 6.07) is 7.35. The normalized spacial score (nSPS) is 19.4. The molecule has 0 aliphatic carbocycles. The predicted octanol–water partition coefficient (Wildman–Crippen LogP) is 3.79. The summed E-state index contributed by atoms with van der Waals surface area (Å²) in [7, 11) is 1.62. The van der Waals surface area contributed by atoms with Gasteiger partial charge in [0.1, 0.15) is 5.75 Å². The maximum absolute atomic E-state index is 12.9. The number of carbonyl (C=O) groups excluding carboxylic acids is 2. The highest BCUT2D eigenvalue weighted by Crippen LogP contribution is 2.39. The number of rotatable bonds is 7. The van der Waals surface area contributed by atoms with Gasteiger partial charge in [0, 0.05) is 24.0 Å². The summed E-state index contributed by atoms with van der Waals surface area (Å²) in [6.45, 7) is 4.70. The van der Waals surface area contributed by atoms with Gasteiger partial charge in [-0.2, -0.15) is 0 Å². The summed E-state index contributed by atoms with van der Waals surface area (Å²) in [4.78, 5) is 32.7. The Morgan fingerprint density at radius 1 is 1.37 bits per heavy atom. The summed E-state index contributed by atoms with van der Waals surface area (Å²) < 4.78 is 5.23. The number of likely N-dealkylation sites (tertiary alicyclic amines) is 1. The number of nitrogens with one attached hydrogen (secondary N) is 1. The van der Waals surface area contributed by atoms with Gasteiger partial charge in [-0.1, -0.05) is 25.5 Å². The second-order valence-electron chi connectivity index (χ2n) is 6.73. The number of methoxy groups -OCH3 is 1. The Morgan fingerprint density at radius 3 is 2.70 bits per heavy atom. The monoisotopic (exact) mass is 387 g/mol. The third-order valence-electron chi connectivity index (χ3n) is 4.83. The second kappa shape index (κ2) is 8.52. The highest BCUT2D eigenvalue weighted by Gasteiger charge is 2.44. The van der Waals surface area contributed by atoms with Crippen LogP contribution >= 0.6 is 11.3 Å². The lowest BCUT2D eigenvalue weighted by molar-refractivity contribution is -0.129. The number of amides is 2. The minimum atomic E-state index is -0.438. The van der Waals surface area contributed by atoms with E-state index in [0.717, 1.165) is 29.0 Å². The van der Waals surface area contributed by atoms with E-state index in [1.54, 1.807) is 13.3 Å². The van der Waals surface area contributed by atoms with E-state index in [1.165, 1.54) is 11.3 Å². The zero-order valence-corrected chi connectivity index (χ0v) is 16.7. The van der Waals surface area contributed by atoms with Crippen molar-refractivity contribution in [1.82, 2.24) is 9.88 Å². The molecule has 1 aliphatic rings. The number of hydrogen-bond donors (Lipinski definition) is 1. The third kappa shape index (κ3) is 4.30. The molecular weight excluding hydrogens is 362 g/mol. The number of nitrogens with zero attached hydrogens (tertiary/aromatic N) is 2. The van der Waals surface area contributed by atoms with E-state index in [1.807, 2.05) is 36.1 Å². The molecule has 0 saturated carbocycles. The fourth-order valence-corrected chi connectivity index (χ4v) is 4.11. The van der Waals surface area contributed by atoms with Gasteiger partial charge in [-0.15, -0.1) is 11.3 Å². The molecule has 1 fully saturated rings. The Balaban J connectivity index is 1.87. The van der Waals surface area contributed by atoms with Crippen LogP contribution in [-0.2, 0) is 9.59 Å². The summed E-state index contributed by atoms with van der Waals surface area (Å²) in [5, 5.41) is 3.46. The van der Waals surface area contributed by atoms with Crippen LogP contribution in [0.25, 0.3) is 0 Å². The van der Waals surface area contributed by atoms with Gasteiger partial charge in [-0.25, -0.2) is 4.98 Å². The number of hydrogen-bond acceptors (Lipinski definition) is 5. The number of unbranched alkanes of at least 4 members (excludes halogenated alkanes) is 1. The zero-order valence-electron chi connectivity index (χ0n) is 15.9. The van der Waals surface area contributed by atoms with E-state index < -0.39 is 5.92 Å². The SMILES string of the molecule is CCCCN1C(=O)CC(C(=O)Nc2ncc(C)s2)C1c1ccc(OC)cc1. The summed E-state index contributed by atoms with van der Waals surface area (Å²) in [5.74, 6) is 0.187. The van der Waals surface area contributed by atoms with Gasteiger partial charge in [0.15, 0.2) is 5.13 Å². The van der Waals surface area contributed by atoms with Crippen LogP contribution in [0.15, 0.2) is 30.5 Å². The van der Waals surface area contributed by atoms with E-state index in [9.17, 15) is 9.59 Å². The molecule has 6 nitrogen and oxygen atoms in total. The zero-order chi connectivity index (χ0) is 19.4. The van der Waals surface area contributed by atoms with Crippen molar-refractivity contribution in [3.8, 4) is 5.75 Å². The van der Waals surface area contributed by atoms with Gasteiger partial charge in [-0.3, -0.25) is 9.59 Å². The van der Waals surface area contributed by atoms with Crippen LogP contribution in [0.2, 0.25) is 0 Å². The average Bonchev–Trinajstić information content (AvgIpc) is 3.22. The first-order valence-corrected chi connectivity index (χ1v) is 10.0. The van der Waals surface area contributed by atoms with Crippen molar-refractivity contribution in [2.75, 3.05) is 19.0 Å². The second-order valence-corrected chi connectivity index (χ2v) is 7.97. The molecule has 3 rings (SSSR count). The molecular formula is C20H25N3O3S. The Hall–Kier alpha value is -2.41. The van der Waals surface area contributed by atoms with E-state index >= 15 is 0 Å². The number of aryl methyl sites for hydroxylation is 1. The van der Waals surface area contributed by atoms with E-state index in [2.05, 4.69) is 17.2 Å². The smallest absolute Gasteiger partial charge is 0.232 e. The molecule has 1 saturated heterocycles. The van der Waals surface area contributed by atoms with Crippen LogP contribution in [-0.4, -0.2) is 35.4 Å². The minimum absolute atomic E-state index is 0.0275. The molecule has 1 N–H and O–H groups in total. The molecule has 1 aliphatic heterocycles. The highest BCUT2D eigenvalue weighted by atomic mass is 32.1. The van der Waals surface area contributed by atoms with Gasteiger partial charge in [0.05, 0.1) is 19.1 Å². The third-order valence-corrected chi connectivity index (χ3v) is 5.66. The van der Waals surface area contributed by atoms with Crippen molar-refractivity contribution in [2.45, 2.75) is 39.2 Å². The fourth-order valence-electron chi connectivity index (χ4n) is 3.44. The summed E-state index contributed by atoms with van der Waals surface area (Å²) >= 11 is 1.43. The number of benzene rings is 1. The van der Waals surface area contributed by atoms with Gasteiger partial charge >= 0.3 is 0 Å². The van der Waals surface area contributed by atoms with Crippen molar-refractivity contribution in [3.05, 3.63) is 40.9 Å². The van der Waals surface area contributed by atoms with Crippen molar-refractivity contribution >= 4 is 28.3 Å². The molecule has 2 amide bonds. The summed E-state index contributed by atoms with van der Waals surface area (Å²) in [6.07, 6.45) is 3.86. The lowest BCUT2D eigenvalue weighted by atomic mass is 9.92. The first kappa shape index (κ1) is 19.4. The van der Waals surface area contributed by atoms with Crippen molar-refractivity contribution in [2.24, 2.45) is 5.92 Å². The van der Waals surface area contributed by atoms with Crippen molar-refractivity contribution in [1.29, 1.82) is 0 Å². The molecule has 0 radical (unpaired) electrons. The largest absolute Gasteiger partial charge is 0.497 e. The number of aromatic nitrogens is 1. The van der Waals surface area contributed by atoms with Crippen LogP contribution in [0.5, 0.6) is 5.75 Å². The van der Waals surface area contributed by atoms with Crippen molar-refractivity contribution < 1.29 is 14.3 Å². The van der Waals surface area contributed by atoms with Crippen molar-refractivity contribution in [3.63, 3.8) is 0 Å². The highest BCUT2D eigenvalue weighted by molar-refractivity contribution is 7.15. The molecule has 1 aromatic heterocycles. The Labute approximate surface area is 163 Å².